The Labute approximate surface area is 187 Å². The van der Waals surface area contributed by atoms with Crippen molar-refractivity contribution in [3.05, 3.63) is 41.5 Å². The normalized spacial score (nSPS) is 11.5. The number of unbranched alkanes of at least 4 members (excludes halogenated alkanes) is 6. The molecule has 0 spiro atoms. The van der Waals surface area contributed by atoms with Crippen molar-refractivity contribution in [2.45, 2.75) is 83.0 Å². The molecule has 0 saturated carbocycles. The van der Waals surface area contributed by atoms with Crippen molar-refractivity contribution in [3.8, 4) is 0 Å². The largest absolute Gasteiger partial charge is 1.00 e. The van der Waals surface area contributed by atoms with Crippen LogP contribution in [-0.2, 0) is 23.0 Å². The number of rotatable bonds is 11. The van der Waals surface area contributed by atoms with Gasteiger partial charge >= 0.3 is 29.6 Å². The molecule has 0 bridgehead atoms. The molecule has 0 atom stereocenters. The van der Waals surface area contributed by atoms with Crippen LogP contribution >= 0.6 is 0 Å². The minimum atomic E-state index is -4.48. The van der Waals surface area contributed by atoms with E-state index in [9.17, 15) is 13.0 Å². The van der Waals surface area contributed by atoms with Crippen LogP contribution in [0.15, 0.2) is 35.2 Å². The predicted octanol–water partition coefficient (Wildman–Crippen LogP) is 2.99. The monoisotopic (exact) mass is 398 g/mol. The predicted molar refractivity (Wildman–Crippen MR) is 108 cm³/mol. The first-order valence-corrected chi connectivity index (χ1v) is 11.4. The summed E-state index contributed by atoms with van der Waals surface area (Å²) in [5.41, 5.74) is 1.70. The zero-order valence-corrected chi connectivity index (χ0v) is 19.9. The third-order valence-electron chi connectivity index (χ3n) is 5.05. The molecule has 2 aromatic rings. The van der Waals surface area contributed by atoms with E-state index >= 15 is 0 Å². The van der Waals surface area contributed by atoms with Crippen molar-refractivity contribution in [2.24, 2.45) is 0 Å². The van der Waals surface area contributed by atoms with Gasteiger partial charge in [0.1, 0.15) is 10.1 Å². The summed E-state index contributed by atoms with van der Waals surface area (Å²) in [6.07, 6.45) is 10.2. The third-order valence-corrected chi connectivity index (χ3v) is 5.95. The van der Waals surface area contributed by atoms with Gasteiger partial charge in [0.2, 0.25) is 0 Å². The van der Waals surface area contributed by atoms with Crippen LogP contribution in [0.4, 0.5) is 0 Å². The zero-order valence-electron chi connectivity index (χ0n) is 17.1. The molecule has 3 nitrogen and oxygen atoms in total. The summed E-state index contributed by atoms with van der Waals surface area (Å²) >= 11 is 0. The molecule has 0 aliphatic heterocycles. The van der Waals surface area contributed by atoms with Gasteiger partial charge in [-0.15, -0.1) is 0 Å². The molecule has 0 aromatic heterocycles. The minimum Gasteiger partial charge on any atom is -0.744 e. The summed E-state index contributed by atoms with van der Waals surface area (Å²) < 4.78 is 35.9. The van der Waals surface area contributed by atoms with Gasteiger partial charge in [-0.3, -0.25) is 0 Å². The fourth-order valence-corrected chi connectivity index (χ4v) is 4.44. The first-order chi connectivity index (χ1) is 12.5. The third kappa shape index (κ3) is 7.17. The Morgan fingerprint density at radius 2 is 1.37 bits per heavy atom. The summed E-state index contributed by atoms with van der Waals surface area (Å²) in [5, 5.41) is 2.04. The maximum Gasteiger partial charge on any atom is 1.00 e. The summed E-state index contributed by atoms with van der Waals surface area (Å²) in [6, 6.07) is 9.60. The Bertz CT molecular complexity index is 816. The van der Waals surface area contributed by atoms with Gasteiger partial charge in [0, 0.05) is 0 Å². The molecule has 0 radical (unpaired) electrons. The number of benzene rings is 2. The van der Waals surface area contributed by atoms with Crippen molar-refractivity contribution in [1.82, 2.24) is 0 Å². The SMILES string of the molecule is CCCCCCc1cc(S(=O)(=O)[O-])c(CCCCCC)c2ccccc12.[Na+]. The van der Waals surface area contributed by atoms with E-state index in [0.29, 0.717) is 12.0 Å². The first kappa shape index (κ1) is 24.6. The Balaban J connectivity index is 0.00000364. The van der Waals surface area contributed by atoms with E-state index in [4.69, 9.17) is 0 Å². The molecule has 0 heterocycles. The summed E-state index contributed by atoms with van der Waals surface area (Å²) in [6.45, 7) is 4.32. The fourth-order valence-electron chi connectivity index (χ4n) is 3.64. The smallest absolute Gasteiger partial charge is 0.744 e. The summed E-state index contributed by atoms with van der Waals surface area (Å²) in [5.74, 6) is 0. The van der Waals surface area contributed by atoms with Gasteiger partial charge in [-0.2, -0.15) is 0 Å². The summed E-state index contributed by atoms with van der Waals surface area (Å²) in [7, 11) is -4.48. The number of hydrogen-bond acceptors (Lipinski definition) is 3. The van der Waals surface area contributed by atoms with Crippen LogP contribution in [0.5, 0.6) is 0 Å². The van der Waals surface area contributed by atoms with E-state index < -0.39 is 10.1 Å². The average molecular weight is 399 g/mol. The van der Waals surface area contributed by atoms with Crippen LogP contribution in [0.2, 0.25) is 0 Å². The standard InChI is InChI=1S/C22H32O3S.Na/c1-3-5-7-9-13-18-17-22(26(23,24)25)21(16-10-8-6-4-2)20-15-12-11-14-19(18)20;/h11-12,14-15,17H,3-10,13,16H2,1-2H3,(H,23,24,25);/q;+1/p-1. The van der Waals surface area contributed by atoms with Gasteiger partial charge in [-0.05, 0) is 53.6 Å². The second kappa shape index (κ2) is 12.2. The minimum absolute atomic E-state index is 0. The first-order valence-electron chi connectivity index (χ1n) is 9.98. The van der Waals surface area contributed by atoms with Crippen LogP contribution in [-0.4, -0.2) is 13.0 Å². The van der Waals surface area contributed by atoms with Crippen LogP contribution in [0, 0.1) is 0 Å². The zero-order chi connectivity index (χ0) is 19.0. The van der Waals surface area contributed by atoms with E-state index in [0.717, 1.165) is 67.7 Å². The van der Waals surface area contributed by atoms with Crippen molar-refractivity contribution < 1.29 is 42.5 Å². The topological polar surface area (TPSA) is 57.2 Å². The van der Waals surface area contributed by atoms with Gasteiger partial charge in [-0.1, -0.05) is 76.6 Å². The average Bonchev–Trinajstić information content (AvgIpc) is 2.62. The molecule has 0 fully saturated rings. The number of fused-ring (bicyclic) bond motifs is 1. The molecule has 2 aromatic carbocycles. The van der Waals surface area contributed by atoms with Gasteiger partial charge in [-0.25, -0.2) is 8.42 Å². The van der Waals surface area contributed by atoms with Crippen LogP contribution in [0.25, 0.3) is 10.8 Å². The van der Waals surface area contributed by atoms with E-state index in [1.807, 2.05) is 18.2 Å². The molecule has 5 heteroatoms. The Morgan fingerprint density at radius 1 is 0.815 bits per heavy atom. The van der Waals surface area contributed by atoms with E-state index in [-0.39, 0.29) is 34.5 Å². The Kier molecular flexibility index (Phi) is 11.2. The van der Waals surface area contributed by atoms with Crippen molar-refractivity contribution >= 4 is 20.9 Å². The van der Waals surface area contributed by atoms with Crippen LogP contribution in [0.3, 0.4) is 0 Å². The van der Waals surface area contributed by atoms with E-state index in [1.54, 1.807) is 6.07 Å². The second-order valence-corrected chi connectivity index (χ2v) is 8.48. The number of hydrogen-bond donors (Lipinski definition) is 0. The number of aryl methyl sites for hydroxylation is 2. The Hall–Kier alpha value is -0.390. The van der Waals surface area contributed by atoms with Gasteiger partial charge < -0.3 is 4.55 Å². The Morgan fingerprint density at radius 3 is 1.93 bits per heavy atom. The molecule has 2 rings (SSSR count). The second-order valence-electron chi connectivity index (χ2n) is 7.13. The van der Waals surface area contributed by atoms with E-state index in [2.05, 4.69) is 19.9 Å². The maximum atomic E-state index is 12.0. The van der Waals surface area contributed by atoms with Crippen molar-refractivity contribution in [2.75, 3.05) is 0 Å². The summed E-state index contributed by atoms with van der Waals surface area (Å²) in [4.78, 5) is -0.00168. The van der Waals surface area contributed by atoms with Crippen LogP contribution < -0.4 is 29.6 Å². The van der Waals surface area contributed by atoms with Gasteiger partial charge in [0.05, 0.1) is 4.90 Å². The molecule has 0 amide bonds. The van der Waals surface area contributed by atoms with E-state index in [1.165, 1.54) is 6.42 Å². The molecule has 0 saturated heterocycles. The molecule has 0 aliphatic carbocycles. The molecule has 27 heavy (non-hydrogen) atoms. The molecular formula is C22H31NaO3S. The molecule has 0 N–H and O–H groups in total. The fraction of sp³-hybridized carbons (Fsp3) is 0.545. The van der Waals surface area contributed by atoms with Gasteiger partial charge in [0.15, 0.2) is 0 Å². The van der Waals surface area contributed by atoms with Gasteiger partial charge in [0.25, 0.3) is 0 Å². The maximum absolute atomic E-state index is 12.0. The molecule has 0 unspecified atom stereocenters. The quantitative estimate of drug-likeness (QED) is 0.332. The van der Waals surface area contributed by atoms with Crippen molar-refractivity contribution in [1.29, 1.82) is 0 Å². The van der Waals surface area contributed by atoms with Crippen molar-refractivity contribution in [3.63, 3.8) is 0 Å². The molecular weight excluding hydrogens is 367 g/mol. The molecule has 0 aliphatic rings. The van der Waals surface area contributed by atoms with Crippen LogP contribution in [0.1, 0.15) is 76.3 Å². The molecule has 144 valence electrons.